The number of aryl methyl sites for hydroxylation is 2. The summed E-state index contributed by atoms with van der Waals surface area (Å²) in [4.78, 5) is 1.68. The summed E-state index contributed by atoms with van der Waals surface area (Å²) in [7, 11) is 0. The fourth-order valence-corrected chi connectivity index (χ4v) is 2.36. The van der Waals surface area contributed by atoms with E-state index in [-0.39, 0.29) is 6.61 Å². The third-order valence-electron chi connectivity index (χ3n) is 1.92. The maximum absolute atomic E-state index is 11.8. The minimum atomic E-state index is -4.35. The molecule has 0 aliphatic carbocycles. The van der Waals surface area contributed by atoms with Crippen molar-refractivity contribution in [2.75, 3.05) is 13.2 Å². The highest BCUT2D eigenvalue weighted by atomic mass is 32.1. The number of hydrogen-bond donors (Lipinski definition) is 1. The van der Waals surface area contributed by atoms with E-state index in [2.05, 4.69) is 4.74 Å². The molecule has 0 aliphatic heterocycles. The lowest BCUT2D eigenvalue weighted by Gasteiger charge is -2.12. The van der Waals surface area contributed by atoms with Gasteiger partial charge >= 0.3 is 6.18 Å². The van der Waals surface area contributed by atoms with Gasteiger partial charge in [-0.3, -0.25) is 0 Å². The first-order chi connectivity index (χ1) is 7.29. The molecule has 0 fully saturated rings. The number of hydrogen-bond acceptors (Lipinski definition) is 3. The van der Waals surface area contributed by atoms with Gasteiger partial charge in [0.2, 0.25) is 0 Å². The monoisotopic (exact) mass is 254 g/mol. The summed E-state index contributed by atoms with van der Waals surface area (Å²) in [6, 6.07) is 1.88. The zero-order valence-electron chi connectivity index (χ0n) is 8.97. The topological polar surface area (TPSA) is 29.5 Å². The number of aliphatic hydroxyl groups is 1. The molecule has 1 N–H and O–H groups in total. The number of rotatable bonds is 4. The van der Waals surface area contributed by atoms with Crippen molar-refractivity contribution in [1.82, 2.24) is 0 Å². The molecule has 0 radical (unpaired) electrons. The fourth-order valence-electron chi connectivity index (χ4n) is 1.35. The minimum Gasteiger partial charge on any atom is -0.385 e. The first kappa shape index (κ1) is 13.5. The molecule has 0 aromatic carbocycles. The SMILES string of the molecule is Cc1cc(C)c(C(O)COCC(F)(F)F)s1. The molecule has 1 atom stereocenters. The van der Waals surface area contributed by atoms with Crippen LogP contribution in [-0.4, -0.2) is 24.5 Å². The Morgan fingerprint density at radius 1 is 1.44 bits per heavy atom. The molecule has 0 spiro atoms. The third-order valence-corrected chi connectivity index (χ3v) is 3.18. The summed E-state index contributed by atoms with van der Waals surface area (Å²) >= 11 is 1.37. The van der Waals surface area contributed by atoms with Crippen LogP contribution < -0.4 is 0 Å². The highest BCUT2D eigenvalue weighted by Gasteiger charge is 2.28. The molecule has 0 saturated heterocycles. The van der Waals surface area contributed by atoms with Crippen LogP contribution in [0.25, 0.3) is 0 Å². The first-order valence-corrected chi connectivity index (χ1v) is 5.51. The quantitative estimate of drug-likeness (QED) is 0.895. The van der Waals surface area contributed by atoms with Crippen LogP contribution >= 0.6 is 11.3 Å². The fraction of sp³-hybridized carbons (Fsp3) is 0.600. The Hall–Kier alpha value is -0.590. The summed E-state index contributed by atoms with van der Waals surface area (Å²) in [6.45, 7) is 2.03. The molecule has 0 saturated carbocycles. The Kier molecular flexibility index (Phi) is 4.35. The molecule has 1 rings (SSSR count). The van der Waals surface area contributed by atoms with Gasteiger partial charge in [0.15, 0.2) is 0 Å². The molecular weight excluding hydrogens is 241 g/mol. The van der Waals surface area contributed by atoms with Gasteiger partial charge in [0.1, 0.15) is 12.7 Å². The van der Waals surface area contributed by atoms with Gasteiger partial charge in [-0.05, 0) is 25.5 Å². The largest absolute Gasteiger partial charge is 0.411 e. The van der Waals surface area contributed by atoms with Crippen molar-refractivity contribution in [3.8, 4) is 0 Å². The molecule has 6 heteroatoms. The maximum atomic E-state index is 11.8. The second-order valence-electron chi connectivity index (χ2n) is 3.55. The second kappa shape index (κ2) is 5.16. The molecule has 0 amide bonds. The summed E-state index contributed by atoms with van der Waals surface area (Å²) in [5, 5.41) is 9.63. The lowest BCUT2D eigenvalue weighted by atomic mass is 10.2. The second-order valence-corrected chi connectivity index (χ2v) is 4.84. The normalized spacial score (nSPS) is 14.1. The van der Waals surface area contributed by atoms with E-state index in [1.165, 1.54) is 11.3 Å². The molecular formula is C10H13F3O2S. The molecule has 0 aliphatic rings. The standard InChI is InChI=1S/C10H13F3O2S/c1-6-3-7(2)16-9(6)8(14)4-15-5-10(11,12)13/h3,8,14H,4-5H2,1-2H3. The van der Waals surface area contributed by atoms with Gasteiger partial charge in [-0.1, -0.05) is 0 Å². The van der Waals surface area contributed by atoms with Crippen LogP contribution in [-0.2, 0) is 4.74 Å². The van der Waals surface area contributed by atoms with E-state index in [9.17, 15) is 18.3 Å². The molecule has 16 heavy (non-hydrogen) atoms. The summed E-state index contributed by atoms with van der Waals surface area (Å²) in [5.74, 6) is 0. The number of alkyl halides is 3. The number of halogens is 3. The highest BCUT2D eigenvalue weighted by Crippen LogP contribution is 2.28. The minimum absolute atomic E-state index is 0.333. The first-order valence-electron chi connectivity index (χ1n) is 4.69. The maximum Gasteiger partial charge on any atom is 0.411 e. The van der Waals surface area contributed by atoms with E-state index in [1.54, 1.807) is 0 Å². The van der Waals surface area contributed by atoms with Crippen LogP contribution in [0.3, 0.4) is 0 Å². The van der Waals surface area contributed by atoms with Crippen molar-refractivity contribution >= 4 is 11.3 Å². The van der Waals surface area contributed by atoms with Crippen molar-refractivity contribution in [2.45, 2.75) is 26.1 Å². The predicted molar refractivity (Wildman–Crippen MR) is 55.6 cm³/mol. The molecule has 92 valence electrons. The average Bonchev–Trinajstić information content (AvgIpc) is 2.43. The number of thiophene rings is 1. The van der Waals surface area contributed by atoms with Crippen LogP contribution in [0.1, 0.15) is 21.4 Å². The lowest BCUT2D eigenvalue weighted by Crippen LogP contribution is -2.19. The smallest absolute Gasteiger partial charge is 0.385 e. The van der Waals surface area contributed by atoms with Crippen LogP contribution in [0.5, 0.6) is 0 Å². The van der Waals surface area contributed by atoms with Crippen LogP contribution in [0, 0.1) is 13.8 Å². The van der Waals surface area contributed by atoms with Gasteiger partial charge in [0, 0.05) is 9.75 Å². The Morgan fingerprint density at radius 3 is 2.50 bits per heavy atom. The summed E-state index contributed by atoms with van der Waals surface area (Å²) in [5.41, 5.74) is 0.880. The van der Waals surface area contributed by atoms with Gasteiger partial charge in [-0.2, -0.15) is 13.2 Å². The van der Waals surface area contributed by atoms with Crippen molar-refractivity contribution in [1.29, 1.82) is 0 Å². The predicted octanol–water partition coefficient (Wildman–Crippen LogP) is 2.98. The van der Waals surface area contributed by atoms with Gasteiger partial charge in [0.25, 0.3) is 0 Å². The Bertz CT molecular complexity index is 346. The van der Waals surface area contributed by atoms with Crippen molar-refractivity contribution in [3.05, 3.63) is 21.4 Å². The highest BCUT2D eigenvalue weighted by molar-refractivity contribution is 7.12. The number of ether oxygens (including phenoxy) is 1. The zero-order valence-corrected chi connectivity index (χ0v) is 9.78. The molecule has 2 nitrogen and oxygen atoms in total. The van der Waals surface area contributed by atoms with E-state index < -0.39 is 18.9 Å². The van der Waals surface area contributed by atoms with E-state index >= 15 is 0 Å². The molecule has 1 aromatic rings. The molecule has 1 unspecified atom stereocenters. The van der Waals surface area contributed by atoms with E-state index in [0.29, 0.717) is 4.88 Å². The van der Waals surface area contributed by atoms with Gasteiger partial charge < -0.3 is 9.84 Å². The van der Waals surface area contributed by atoms with Crippen LogP contribution in [0.4, 0.5) is 13.2 Å². The van der Waals surface area contributed by atoms with E-state index in [0.717, 1.165) is 10.4 Å². The molecule has 1 aromatic heterocycles. The zero-order chi connectivity index (χ0) is 12.3. The van der Waals surface area contributed by atoms with Crippen LogP contribution in [0.15, 0.2) is 6.07 Å². The van der Waals surface area contributed by atoms with Crippen LogP contribution in [0.2, 0.25) is 0 Å². The Balaban J connectivity index is 2.47. The molecule has 0 bridgehead atoms. The van der Waals surface area contributed by atoms with Gasteiger partial charge in [0.05, 0.1) is 6.61 Å². The Labute approximate surface area is 95.7 Å². The lowest BCUT2D eigenvalue weighted by molar-refractivity contribution is -0.179. The van der Waals surface area contributed by atoms with Gasteiger partial charge in [-0.15, -0.1) is 11.3 Å². The van der Waals surface area contributed by atoms with E-state index in [4.69, 9.17) is 0 Å². The summed E-state index contributed by atoms with van der Waals surface area (Å²) in [6.07, 6.45) is -5.33. The number of aliphatic hydroxyl groups excluding tert-OH is 1. The Morgan fingerprint density at radius 2 is 2.06 bits per heavy atom. The van der Waals surface area contributed by atoms with Crippen molar-refractivity contribution in [3.63, 3.8) is 0 Å². The van der Waals surface area contributed by atoms with E-state index in [1.807, 2.05) is 19.9 Å². The third kappa shape index (κ3) is 4.11. The van der Waals surface area contributed by atoms with Crippen molar-refractivity contribution < 1.29 is 23.0 Å². The van der Waals surface area contributed by atoms with Gasteiger partial charge in [-0.25, -0.2) is 0 Å². The van der Waals surface area contributed by atoms with Crippen molar-refractivity contribution in [2.24, 2.45) is 0 Å². The average molecular weight is 254 g/mol. The summed E-state index contributed by atoms with van der Waals surface area (Å²) < 4.78 is 39.8. The molecule has 1 heterocycles.